The highest BCUT2D eigenvalue weighted by atomic mass is 79.9. The van der Waals surface area contributed by atoms with Crippen molar-refractivity contribution in [2.45, 2.75) is 6.92 Å². The first-order valence-electron chi connectivity index (χ1n) is 5.48. The van der Waals surface area contributed by atoms with Crippen molar-refractivity contribution in [1.82, 2.24) is 5.16 Å². The Morgan fingerprint density at radius 1 is 1.28 bits per heavy atom. The number of anilines is 1. The second-order valence-electron chi connectivity index (χ2n) is 4.00. The summed E-state index contributed by atoms with van der Waals surface area (Å²) in [6.45, 7) is 3.04. The molecular weight excluding hydrogens is 300 g/mol. The van der Waals surface area contributed by atoms with E-state index in [1.54, 1.807) is 6.07 Å². The van der Waals surface area contributed by atoms with E-state index >= 15 is 0 Å². The van der Waals surface area contributed by atoms with Crippen LogP contribution in [0.15, 0.2) is 21.1 Å². The summed E-state index contributed by atoms with van der Waals surface area (Å²) < 4.78 is 17.1. The Hall–Kier alpha value is -1.69. The summed E-state index contributed by atoms with van der Waals surface area (Å²) in [5, 5.41) is 3.94. The number of nitrogens with two attached hydrogens (primary N) is 1. The van der Waals surface area contributed by atoms with Gasteiger partial charge in [-0.25, -0.2) is 0 Å². The van der Waals surface area contributed by atoms with Gasteiger partial charge in [-0.05, 0) is 18.6 Å². The maximum absolute atomic E-state index is 5.69. The van der Waals surface area contributed by atoms with Crippen molar-refractivity contribution in [3.8, 4) is 22.8 Å². The van der Waals surface area contributed by atoms with Crippen LogP contribution in [0.1, 0.15) is 5.56 Å². The van der Waals surface area contributed by atoms with Crippen molar-refractivity contribution < 1.29 is 14.0 Å². The van der Waals surface area contributed by atoms with Crippen molar-refractivity contribution in [3.05, 3.63) is 22.2 Å². The third kappa shape index (κ3) is 1.73. The zero-order chi connectivity index (χ0) is 12.7. The van der Waals surface area contributed by atoms with Gasteiger partial charge in [-0.15, -0.1) is 0 Å². The molecule has 94 valence electrons. The van der Waals surface area contributed by atoms with E-state index in [-0.39, 0.29) is 5.88 Å². The number of fused-ring (bicyclic) bond motifs is 1. The van der Waals surface area contributed by atoms with Crippen LogP contribution in [0.4, 0.5) is 5.88 Å². The Morgan fingerprint density at radius 2 is 2.06 bits per heavy atom. The highest BCUT2D eigenvalue weighted by Gasteiger charge is 2.23. The van der Waals surface area contributed by atoms with Crippen LogP contribution < -0.4 is 15.2 Å². The lowest BCUT2D eigenvalue weighted by Crippen LogP contribution is -2.16. The summed E-state index contributed by atoms with van der Waals surface area (Å²) in [5.41, 5.74) is 8.07. The van der Waals surface area contributed by atoms with Crippen LogP contribution in [0, 0.1) is 6.92 Å². The molecule has 0 radical (unpaired) electrons. The summed E-state index contributed by atoms with van der Waals surface area (Å²) in [4.78, 5) is 0. The molecule has 1 aromatic heterocycles. The number of hydrogen-bond donors (Lipinski definition) is 1. The Morgan fingerprint density at radius 3 is 2.78 bits per heavy atom. The molecule has 0 fully saturated rings. The lowest BCUT2D eigenvalue weighted by molar-refractivity contribution is 0.172. The van der Waals surface area contributed by atoms with Crippen LogP contribution >= 0.6 is 15.9 Å². The smallest absolute Gasteiger partial charge is 0.222 e. The number of nitrogens with zero attached hydrogens (tertiary/aromatic N) is 1. The Kier molecular flexibility index (Phi) is 2.66. The molecule has 6 heteroatoms. The number of halogens is 1. The molecule has 5 nitrogen and oxygen atoms in total. The van der Waals surface area contributed by atoms with Crippen LogP contribution in [0.2, 0.25) is 0 Å². The SMILES string of the molecule is Cc1c(Br)cc2c(c1-c1cc(N)on1)OCCO2. The first-order valence-corrected chi connectivity index (χ1v) is 6.27. The molecule has 1 aliphatic rings. The molecular formula is C12H11BrN2O3. The van der Waals surface area contributed by atoms with Crippen LogP contribution in [0.5, 0.6) is 11.5 Å². The van der Waals surface area contributed by atoms with Gasteiger partial charge in [0.15, 0.2) is 11.5 Å². The van der Waals surface area contributed by atoms with Gasteiger partial charge in [0.05, 0.1) is 5.56 Å². The largest absolute Gasteiger partial charge is 0.486 e. The number of nitrogen functional groups attached to an aromatic ring is 1. The Bertz CT molecular complexity index is 610. The molecule has 1 aliphatic heterocycles. The summed E-state index contributed by atoms with van der Waals surface area (Å²) in [6, 6.07) is 3.57. The monoisotopic (exact) mass is 310 g/mol. The van der Waals surface area contributed by atoms with Gasteiger partial charge in [0, 0.05) is 10.5 Å². The maximum atomic E-state index is 5.69. The van der Waals surface area contributed by atoms with Gasteiger partial charge in [-0.1, -0.05) is 21.1 Å². The van der Waals surface area contributed by atoms with Crippen LogP contribution in [-0.4, -0.2) is 18.4 Å². The molecule has 1 aromatic carbocycles. The highest BCUT2D eigenvalue weighted by molar-refractivity contribution is 9.10. The van der Waals surface area contributed by atoms with E-state index in [2.05, 4.69) is 21.1 Å². The third-order valence-corrected chi connectivity index (χ3v) is 3.64. The first-order chi connectivity index (χ1) is 8.66. The fourth-order valence-electron chi connectivity index (χ4n) is 1.96. The molecule has 2 heterocycles. The molecule has 0 aliphatic carbocycles. The minimum atomic E-state index is 0.273. The van der Waals surface area contributed by atoms with Crippen LogP contribution in [0.25, 0.3) is 11.3 Å². The van der Waals surface area contributed by atoms with Crippen molar-refractivity contribution in [3.63, 3.8) is 0 Å². The summed E-state index contributed by atoms with van der Waals surface area (Å²) in [5.74, 6) is 1.67. The molecule has 0 spiro atoms. The van der Waals surface area contributed by atoms with Gasteiger partial charge in [-0.3, -0.25) is 0 Å². The summed E-state index contributed by atoms with van der Waals surface area (Å²) in [7, 11) is 0. The lowest BCUT2D eigenvalue weighted by Gasteiger charge is -2.22. The maximum Gasteiger partial charge on any atom is 0.222 e. The number of ether oxygens (including phenoxy) is 2. The average molecular weight is 311 g/mol. The number of rotatable bonds is 1. The average Bonchev–Trinajstić information content (AvgIpc) is 2.77. The number of benzene rings is 1. The van der Waals surface area contributed by atoms with Crippen molar-refractivity contribution in [2.75, 3.05) is 18.9 Å². The predicted molar refractivity (Wildman–Crippen MR) is 69.8 cm³/mol. The normalized spacial score (nSPS) is 13.7. The highest BCUT2D eigenvalue weighted by Crippen LogP contribution is 2.45. The van der Waals surface area contributed by atoms with Gasteiger partial charge in [0.1, 0.15) is 18.9 Å². The first kappa shape index (κ1) is 11.4. The molecule has 3 rings (SSSR count). The van der Waals surface area contributed by atoms with E-state index < -0.39 is 0 Å². The third-order valence-electron chi connectivity index (χ3n) is 2.81. The zero-order valence-corrected chi connectivity index (χ0v) is 11.3. The van der Waals surface area contributed by atoms with Gasteiger partial charge in [-0.2, -0.15) is 0 Å². The van der Waals surface area contributed by atoms with E-state index in [1.807, 2.05) is 13.0 Å². The van der Waals surface area contributed by atoms with E-state index in [9.17, 15) is 0 Å². The molecule has 0 atom stereocenters. The summed E-state index contributed by atoms with van der Waals surface area (Å²) in [6.07, 6.45) is 0. The van der Waals surface area contributed by atoms with E-state index in [0.29, 0.717) is 30.4 Å². The standard InChI is InChI=1S/C12H11BrN2O3/c1-6-7(13)4-9-12(17-3-2-16-9)11(6)8-5-10(14)18-15-8/h4-5H,2-3,14H2,1H3. The Labute approximate surface area is 112 Å². The molecule has 18 heavy (non-hydrogen) atoms. The van der Waals surface area contributed by atoms with Crippen LogP contribution in [-0.2, 0) is 0 Å². The number of hydrogen-bond acceptors (Lipinski definition) is 5. The van der Waals surface area contributed by atoms with Gasteiger partial charge >= 0.3 is 0 Å². The second kappa shape index (κ2) is 4.20. The van der Waals surface area contributed by atoms with E-state index in [0.717, 1.165) is 15.6 Å². The molecule has 0 bridgehead atoms. The number of aromatic nitrogens is 1. The quantitative estimate of drug-likeness (QED) is 0.877. The molecule has 2 N–H and O–H groups in total. The topological polar surface area (TPSA) is 70.5 Å². The fourth-order valence-corrected chi connectivity index (χ4v) is 2.37. The minimum Gasteiger partial charge on any atom is -0.486 e. The van der Waals surface area contributed by atoms with Crippen molar-refractivity contribution in [1.29, 1.82) is 0 Å². The van der Waals surface area contributed by atoms with E-state index in [4.69, 9.17) is 19.7 Å². The van der Waals surface area contributed by atoms with Crippen LogP contribution in [0.3, 0.4) is 0 Å². The van der Waals surface area contributed by atoms with Gasteiger partial charge in [0.25, 0.3) is 0 Å². The molecule has 2 aromatic rings. The fraction of sp³-hybridized carbons (Fsp3) is 0.250. The van der Waals surface area contributed by atoms with Gasteiger partial charge < -0.3 is 19.7 Å². The minimum absolute atomic E-state index is 0.273. The molecule has 0 saturated carbocycles. The van der Waals surface area contributed by atoms with Gasteiger partial charge in [0.2, 0.25) is 5.88 Å². The molecule has 0 saturated heterocycles. The van der Waals surface area contributed by atoms with Crippen molar-refractivity contribution in [2.24, 2.45) is 0 Å². The predicted octanol–water partition coefficient (Wildman–Crippen LogP) is 2.77. The lowest BCUT2D eigenvalue weighted by atomic mass is 10.0. The van der Waals surface area contributed by atoms with E-state index in [1.165, 1.54) is 0 Å². The Balaban J connectivity index is 2.26. The molecule has 0 unspecified atom stereocenters. The summed E-state index contributed by atoms with van der Waals surface area (Å²) >= 11 is 3.50. The second-order valence-corrected chi connectivity index (χ2v) is 4.85. The zero-order valence-electron chi connectivity index (χ0n) is 9.70. The molecule has 0 amide bonds. The van der Waals surface area contributed by atoms with Crippen molar-refractivity contribution >= 4 is 21.8 Å².